The van der Waals surface area contributed by atoms with Gasteiger partial charge in [0.05, 0.1) is 5.41 Å². The molecular weight excluding hydrogens is 232 g/mol. The van der Waals surface area contributed by atoms with Crippen LogP contribution in [0, 0.1) is 16.7 Å². The second kappa shape index (κ2) is 5.15. The van der Waals surface area contributed by atoms with Crippen LogP contribution < -0.4 is 0 Å². The first-order valence-electron chi connectivity index (χ1n) is 6.17. The van der Waals surface area contributed by atoms with Gasteiger partial charge < -0.3 is 0 Å². The zero-order valence-corrected chi connectivity index (χ0v) is 11.6. The molecule has 0 aliphatic rings. The summed E-state index contributed by atoms with van der Waals surface area (Å²) in [7, 11) is 0. The molecule has 0 spiro atoms. The predicted molar refractivity (Wildman–Crippen MR) is 62.6 cm³/mol. The van der Waals surface area contributed by atoms with Gasteiger partial charge in [0.2, 0.25) is 6.43 Å². The van der Waals surface area contributed by atoms with E-state index >= 15 is 0 Å². The summed E-state index contributed by atoms with van der Waals surface area (Å²) >= 11 is 0. The van der Waals surface area contributed by atoms with Crippen LogP contribution in [-0.2, 0) is 0 Å². The Hall–Kier alpha value is -0.280. The molecule has 0 rings (SSSR count). The molecule has 0 aromatic carbocycles. The van der Waals surface area contributed by atoms with E-state index in [1.807, 2.05) is 0 Å². The highest BCUT2D eigenvalue weighted by Crippen LogP contribution is 2.57. The Morgan fingerprint density at radius 2 is 1.24 bits per heavy atom. The molecule has 0 aromatic heterocycles. The van der Waals surface area contributed by atoms with Gasteiger partial charge in [-0.3, -0.25) is 0 Å². The van der Waals surface area contributed by atoms with Crippen molar-refractivity contribution in [2.45, 2.75) is 66.7 Å². The normalized spacial score (nSPS) is 20.5. The molecule has 0 N–H and O–H groups in total. The molecule has 2 atom stereocenters. The Kier molecular flexibility index (Phi) is 5.06. The van der Waals surface area contributed by atoms with Crippen molar-refractivity contribution in [2.75, 3.05) is 0 Å². The zero-order valence-electron chi connectivity index (χ0n) is 11.6. The van der Waals surface area contributed by atoms with Gasteiger partial charge >= 0.3 is 0 Å². The lowest BCUT2D eigenvalue weighted by atomic mass is 9.62. The van der Waals surface area contributed by atoms with Crippen LogP contribution in [-0.4, -0.2) is 12.3 Å². The summed E-state index contributed by atoms with van der Waals surface area (Å²) in [6.07, 6.45) is -3.08. The van der Waals surface area contributed by atoms with Crippen molar-refractivity contribution in [3.8, 4) is 0 Å². The van der Waals surface area contributed by atoms with Crippen LogP contribution in [0.2, 0.25) is 0 Å². The molecule has 2 unspecified atom stereocenters. The van der Waals surface area contributed by atoms with Crippen LogP contribution in [0.25, 0.3) is 0 Å². The van der Waals surface area contributed by atoms with Gasteiger partial charge in [0.15, 0.2) is 0 Å². The summed E-state index contributed by atoms with van der Waals surface area (Å²) in [6.45, 7) is 8.77. The van der Waals surface area contributed by atoms with Crippen LogP contribution in [0.15, 0.2) is 0 Å². The van der Waals surface area contributed by atoms with Crippen molar-refractivity contribution in [2.24, 2.45) is 16.7 Å². The van der Waals surface area contributed by atoms with Gasteiger partial charge in [-0.2, -0.15) is 0 Å². The molecule has 104 valence electrons. The topological polar surface area (TPSA) is 0 Å². The quantitative estimate of drug-likeness (QED) is 0.560. The second-order valence-electron chi connectivity index (χ2n) is 5.57. The predicted octanol–water partition coefficient (Wildman–Crippen LogP) is 5.38. The van der Waals surface area contributed by atoms with E-state index in [1.54, 1.807) is 20.8 Å². The Balaban J connectivity index is 5.64. The molecule has 0 saturated heterocycles. The lowest BCUT2D eigenvalue weighted by Crippen LogP contribution is -2.56. The van der Waals surface area contributed by atoms with Crippen LogP contribution in [0.3, 0.4) is 0 Å². The molecule has 0 aromatic rings. The van der Waals surface area contributed by atoms with Gasteiger partial charge in [-0.1, -0.05) is 34.6 Å². The number of hydrogen-bond acceptors (Lipinski definition) is 0. The molecular formula is C13H24F4. The number of halogens is 4. The van der Waals surface area contributed by atoms with Gasteiger partial charge in [-0.25, -0.2) is 17.6 Å². The maximum atomic E-state index is 14.5. The SMILES string of the molecule is CCC(C)(C(C)C)C(F)(F)C(C)(CC)C(F)F. The van der Waals surface area contributed by atoms with E-state index in [0.717, 1.165) is 6.92 Å². The van der Waals surface area contributed by atoms with Crippen LogP contribution in [0.4, 0.5) is 17.6 Å². The molecule has 0 aliphatic carbocycles. The molecule has 0 heterocycles. The molecule has 0 amide bonds. The monoisotopic (exact) mass is 256 g/mol. The largest absolute Gasteiger partial charge is 0.264 e. The second-order valence-corrected chi connectivity index (χ2v) is 5.57. The summed E-state index contributed by atoms with van der Waals surface area (Å²) < 4.78 is 55.1. The molecule has 0 radical (unpaired) electrons. The van der Waals surface area contributed by atoms with Crippen LogP contribution >= 0.6 is 0 Å². The first-order chi connectivity index (χ1) is 7.51. The van der Waals surface area contributed by atoms with Crippen LogP contribution in [0.1, 0.15) is 54.4 Å². The first kappa shape index (κ1) is 16.7. The Bertz CT molecular complexity index is 226. The van der Waals surface area contributed by atoms with Gasteiger partial charge in [0.25, 0.3) is 5.92 Å². The number of alkyl halides is 4. The maximum absolute atomic E-state index is 14.5. The third kappa shape index (κ3) is 2.32. The molecule has 4 heteroatoms. The van der Waals surface area contributed by atoms with Crippen LogP contribution in [0.5, 0.6) is 0 Å². The molecule has 17 heavy (non-hydrogen) atoms. The van der Waals surface area contributed by atoms with E-state index in [2.05, 4.69) is 0 Å². The molecule has 0 bridgehead atoms. The van der Waals surface area contributed by atoms with Gasteiger partial charge in [-0.15, -0.1) is 0 Å². The molecule has 0 fully saturated rings. The average Bonchev–Trinajstić information content (AvgIpc) is 2.25. The van der Waals surface area contributed by atoms with Gasteiger partial charge in [0.1, 0.15) is 0 Å². The highest BCUT2D eigenvalue weighted by Gasteiger charge is 2.64. The summed E-state index contributed by atoms with van der Waals surface area (Å²) in [4.78, 5) is 0. The number of hydrogen-bond donors (Lipinski definition) is 0. The summed E-state index contributed by atoms with van der Waals surface area (Å²) in [6, 6.07) is 0. The highest BCUT2D eigenvalue weighted by atomic mass is 19.3. The third-order valence-corrected chi connectivity index (χ3v) is 4.66. The Morgan fingerprint density at radius 1 is 0.882 bits per heavy atom. The smallest absolute Gasteiger partial charge is 0.210 e. The van der Waals surface area contributed by atoms with E-state index in [1.165, 1.54) is 13.8 Å². The minimum absolute atomic E-state index is 0.181. The van der Waals surface area contributed by atoms with Crippen molar-refractivity contribution in [1.29, 1.82) is 0 Å². The summed E-state index contributed by atoms with van der Waals surface area (Å²) in [5.41, 5.74) is -3.67. The standard InChI is InChI=1S/C13H24F4/c1-7-11(5,9(3)4)13(16,17)12(6,8-2)10(14)15/h9-10H,7-8H2,1-6H3. The van der Waals surface area contributed by atoms with Crippen molar-refractivity contribution >= 4 is 0 Å². The van der Waals surface area contributed by atoms with Gasteiger partial charge in [0, 0.05) is 5.41 Å². The number of rotatable bonds is 6. The van der Waals surface area contributed by atoms with E-state index < -0.39 is 23.2 Å². The average molecular weight is 256 g/mol. The minimum Gasteiger partial charge on any atom is -0.210 e. The fourth-order valence-electron chi connectivity index (χ4n) is 2.16. The lowest BCUT2D eigenvalue weighted by molar-refractivity contribution is -0.253. The van der Waals surface area contributed by atoms with Crippen molar-refractivity contribution in [3.63, 3.8) is 0 Å². The first-order valence-corrected chi connectivity index (χ1v) is 6.17. The van der Waals surface area contributed by atoms with E-state index in [9.17, 15) is 17.6 Å². The maximum Gasteiger partial charge on any atom is 0.264 e. The Labute approximate surface area is 102 Å². The summed E-state index contributed by atoms with van der Waals surface area (Å²) in [5.74, 6) is -3.75. The molecule has 0 nitrogen and oxygen atoms in total. The van der Waals surface area contributed by atoms with Crippen molar-refractivity contribution in [1.82, 2.24) is 0 Å². The lowest BCUT2D eigenvalue weighted by Gasteiger charge is -2.49. The fraction of sp³-hybridized carbons (Fsp3) is 1.00. The van der Waals surface area contributed by atoms with E-state index in [4.69, 9.17) is 0 Å². The highest BCUT2D eigenvalue weighted by molar-refractivity contribution is 5.02. The third-order valence-electron chi connectivity index (χ3n) is 4.66. The fourth-order valence-corrected chi connectivity index (χ4v) is 2.16. The molecule has 0 saturated carbocycles. The van der Waals surface area contributed by atoms with Gasteiger partial charge in [-0.05, 0) is 25.7 Å². The molecule has 0 aliphatic heterocycles. The van der Waals surface area contributed by atoms with Crippen molar-refractivity contribution < 1.29 is 17.6 Å². The summed E-state index contributed by atoms with van der Waals surface area (Å²) in [5, 5.41) is 0. The van der Waals surface area contributed by atoms with E-state index in [-0.39, 0.29) is 18.8 Å². The van der Waals surface area contributed by atoms with E-state index in [0.29, 0.717) is 0 Å². The van der Waals surface area contributed by atoms with Crippen molar-refractivity contribution in [3.05, 3.63) is 0 Å². The minimum atomic E-state index is -3.40. The zero-order chi connectivity index (χ0) is 14.1. The Morgan fingerprint density at radius 3 is 1.41 bits per heavy atom.